The van der Waals surface area contributed by atoms with E-state index in [-0.39, 0.29) is 31.1 Å². The molecule has 0 amide bonds. The number of rotatable bonds is 6. The average Bonchev–Trinajstić information content (AvgIpc) is 2.60. The lowest BCUT2D eigenvalue weighted by molar-refractivity contribution is 0.0186. The number of halogens is 1. The van der Waals surface area contributed by atoms with Gasteiger partial charge in [-0.25, -0.2) is 9.37 Å². The summed E-state index contributed by atoms with van der Waals surface area (Å²) < 4.78 is 20.3. The Kier molecular flexibility index (Phi) is 5.21. The van der Waals surface area contributed by atoms with E-state index in [1.54, 1.807) is 43.3 Å². The summed E-state index contributed by atoms with van der Waals surface area (Å²) in [5.74, 6) is 0.180. The number of ether oxygens (including phenoxy) is 1. The van der Waals surface area contributed by atoms with Crippen molar-refractivity contribution in [3.63, 3.8) is 0 Å². The SMILES string of the molecule is Cc1nc2ccccc2c(=O)n1C[C@H](O)COCc1ccccc1F. The Morgan fingerprint density at radius 3 is 2.72 bits per heavy atom. The van der Waals surface area contributed by atoms with Gasteiger partial charge in [-0.05, 0) is 25.1 Å². The maximum atomic E-state index is 13.5. The molecule has 1 heterocycles. The third-order valence-electron chi connectivity index (χ3n) is 3.97. The van der Waals surface area contributed by atoms with Gasteiger partial charge in [0.05, 0.1) is 36.8 Å². The molecule has 25 heavy (non-hydrogen) atoms. The van der Waals surface area contributed by atoms with Gasteiger partial charge in [-0.2, -0.15) is 0 Å². The molecule has 0 saturated heterocycles. The van der Waals surface area contributed by atoms with E-state index in [1.807, 2.05) is 6.07 Å². The molecule has 130 valence electrons. The zero-order valence-corrected chi connectivity index (χ0v) is 13.9. The van der Waals surface area contributed by atoms with Crippen LogP contribution in [-0.4, -0.2) is 27.4 Å². The van der Waals surface area contributed by atoms with E-state index in [2.05, 4.69) is 4.98 Å². The van der Waals surface area contributed by atoms with Gasteiger partial charge in [0.25, 0.3) is 5.56 Å². The molecule has 0 saturated carbocycles. The van der Waals surface area contributed by atoms with Crippen LogP contribution < -0.4 is 5.56 Å². The highest BCUT2D eigenvalue weighted by atomic mass is 19.1. The predicted octanol–water partition coefficient (Wildman–Crippen LogP) is 2.42. The first-order valence-corrected chi connectivity index (χ1v) is 8.01. The fourth-order valence-corrected chi connectivity index (χ4v) is 2.68. The zero-order chi connectivity index (χ0) is 17.8. The predicted molar refractivity (Wildman–Crippen MR) is 92.8 cm³/mol. The summed E-state index contributed by atoms with van der Waals surface area (Å²) >= 11 is 0. The minimum atomic E-state index is -0.897. The largest absolute Gasteiger partial charge is 0.389 e. The van der Waals surface area contributed by atoms with Gasteiger partial charge in [0.15, 0.2) is 0 Å². The highest BCUT2D eigenvalue weighted by molar-refractivity contribution is 5.77. The summed E-state index contributed by atoms with van der Waals surface area (Å²) in [5, 5.41) is 10.7. The average molecular weight is 342 g/mol. The first kappa shape index (κ1) is 17.3. The lowest BCUT2D eigenvalue weighted by atomic mass is 10.2. The smallest absolute Gasteiger partial charge is 0.261 e. The quantitative estimate of drug-likeness (QED) is 0.747. The highest BCUT2D eigenvalue weighted by Gasteiger charge is 2.12. The molecule has 0 aliphatic carbocycles. The minimum Gasteiger partial charge on any atom is -0.389 e. The van der Waals surface area contributed by atoms with Gasteiger partial charge in [0, 0.05) is 5.56 Å². The van der Waals surface area contributed by atoms with Gasteiger partial charge >= 0.3 is 0 Å². The molecule has 3 rings (SSSR count). The van der Waals surface area contributed by atoms with E-state index < -0.39 is 6.10 Å². The number of para-hydroxylation sites is 1. The van der Waals surface area contributed by atoms with E-state index in [4.69, 9.17) is 4.74 Å². The molecule has 0 spiro atoms. The molecule has 1 aromatic heterocycles. The Bertz CT molecular complexity index is 939. The Hall–Kier alpha value is -2.57. The van der Waals surface area contributed by atoms with Crippen LogP contribution in [0, 0.1) is 12.7 Å². The molecule has 3 aromatic rings. The maximum Gasteiger partial charge on any atom is 0.261 e. The topological polar surface area (TPSA) is 64.4 Å². The number of hydrogen-bond donors (Lipinski definition) is 1. The van der Waals surface area contributed by atoms with Crippen molar-refractivity contribution in [2.75, 3.05) is 6.61 Å². The zero-order valence-electron chi connectivity index (χ0n) is 13.9. The molecule has 1 N–H and O–H groups in total. The number of benzene rings is 2. The summed E-state index contributed by atoms with van der Waals surface area (Å²) in [6.07, 6.45) is -0.897. The molecule has 2 aromatic carbocycles. The van der Waals surface area contributed by atoms with Gasteiger partial charge < -0.3 is 9.84 Å². The number of aromatic nitrogens is 2. The molecule has 0 radical (unpaired) electrons. The molecule has 0 aliphatic rings. The van der Waals surface area contributed by atoms with Crippen LogP contribution in [0.25, 0.3) is 10.9 Å². The van der Waals surface area contributed by atoms with Crippen molar-refractivity contribution in [3.8, 4) is 0 Å². The van der Waals surface area contributed by atoms with Crippen molar-refractivity contribution in [2.45, 2.75) is 26.2 Å². The van der Waals surface area contributed by atoms with E-state index in [9.17, 15) is 14.3 Å². The molecule has 0 fully saturated rings. The van der Waals surface area contributed by atoms with Crippen LogP contribution in [0.3, 0.4) is 0 Å². The first-order chi connectivity index (χ1) is 12.1. The monoisotopic (exact) mass is 342 g/mol. The second-order valence-electron chi connectivity index (χ2n) is 5.85. The number of nitrogens with zero attached hydrogens (tertiary/aromatic N) is 2. The lowest BCUT2D eigenvalue weighted by Gasteiger charge is -2.15. The Morgan fingerprint density at radius 1 is 1.20 bits per heavy atom. The van der Waals surface area contributed by atoms with Crippen molar-refractivity contribution in [1.29, 1.82) is 0 Å². The summed E-state index contributed by atoms with van der Waals surface area (Å²) in [4.78, 5) is 16.9. The fraction of sp³-hybridized carbons (Fsp3) is 0.263. The molecular weight excluding hydrogens is 323 g/mol. The minimum absolute atomic E-state index is 0.00690. The Balaban J connectivity index is 1.67. The number of aliphatic hydroxyl groups is 1. The van der Waals surface area contributed by atoms with Crippen LogP contribution in [0.15, 0.2) is 53.3 Å². The van der Waals surface area contributed by atoms with Gasteiger partial charge in [0.2, 0.25) is 0 Å². The Morgan fingerprint density at radius 2 is 1.92 bits per heavy atom. The van der Waals surface area contributed by atoms with Crippen LogP contribution in [0.5, 0.6) is 0 Å². The summed E-state index contributed by atoms with van der Waals surface area (Å²) in [6, 6.07) is 13.4. The van der Waals surface area contributed by atoms with Crippen molar-refractivity contribution in [1.82, 2.24) is 9.55 Å². The maximum absolute atomic E-state index is 13.5. The second kappa shape index (κ2) is 7.55. The van der Waals surface area contributed by atoms with Gasteiger partial charge in [-0.3, -0.25) is 9.36 Å². The third-order valence-corrected chi connectivity index (χ3v) is 3.97. The summed E-state index contributed by atoms with van der Waals surface area (Å²) in [5.41, 5.74) is 0.859. The molecule has 0 bridgehead atoms. The number of fused-ring (bicyclic) bond motifs is 1. The highest BCUT2D eigenvalue weighted by Crippen LogP contribution is 2.09. The van der Waals surface area contributed by atoms with E-state index in [1.165, 1.54) is 10.6 Å². The molecule has 6 heteroatoms. The van der Waals surface area contributed by atoms with Crippen molar-refractivity contribution in [3.05, 3.63) is 76.1 Å². The molecular formula is C19H19FN2O3. The molecule has 1 atom stereocenters. The van der Waals surface area contributed by atoms with E-state index in [0.717, 1.165) is 0 Å². The fourth-order valence-electron chi connectivity index (χ4n) is 2.68. The van der Waals surface area contributed by atoms with Gasteiger partial charge in [-0.1, -0.05) is 30.3 Å². The van der Waals surface area contributed by atoms with Crippen LogP contribution in [-0.2, 0) is 17.9 Å². The van der Waals surface area contributed by atoms with Crippen LogP contribution in [0.4, 0.5) is 4.39 Å². The standard InChI is InChI=1S/C19H19FN2O3/c1-13-21-18-9-5-3-7-16(18)19(24)22(13)10-15(23)12-25-11-14-6-2-4-8-17(14)20/h2-9,15,23H,10-12H2,1H3/t15-/m0/s1. The first-order valence-electron chi connectivity index (χ1n) is 8.01. The summed E-state index contributed by atoms with van der Waals surface area (Å²) in [7, 11) is 0. The van der Waals surface area contributed by atoms with E-state index >= 15 is 0 Å². The summed E-state index contributed by atoms with van der Waals surface area (Å²) in [6.45, 7) is 1.85. The van der Waals surface area contributed by atoms with Crippen LogP contribution in [0.1, 0.15) is 11.4 Å². The van der Waals surface area contributed by atoms with Crippen molar-refractivity contribution in [2.24, 2.45) is 0 Å². The molecule has 5 nitrogen and oxygen atoms in total. The second-order valence-corrected chi connectivity index (χ2v) is 5.85. The van der Waals surface area contributed by atoms with Crippen LogP contribution >= 0.6 is 0 Å². The molecule has 0 aliphatic heterocycles. The van der Waals surface area contributed by atoms with Crippen molar-refractivity contribution < 1.29 is 14.2 Å². The normalized spacial score (nSPS) is 12.4. The van der Waals surface area contributed by atoms with Crippen molar-refractivity contribution >= 4 is 10.9 Å². The third kappa shape index (κ3) is 3.92. The number of aryl methyl sites for hydroxylation is 1. The lowest BCUT2D eigenvalue weighted by Crippen LogP contribution is -2.31. The number of hydrogen-bond acceptors (Lipinski definition) is 4. The van der Waals surface area contributed by atoms with Gasteiger partial charge in [0.1, 0.15) is 11.6 Å². The Labute approximate surface area is 144 Å². The van der Waals surface area contributed by atoms with E-state index in [0.29, 0.717) is 22.3 Å². The molecule has 0 unspecified atom stereocenters. The number of aliphatic hydroxyl groups excluding tert-OH is 1. The van der Waals surface area contributed by atoms with Gasteiger partial charge in [-0.15, -0.1) is 0 Å². The van der Waals surface area contributed by atoms with Crippen LogP contribution in [0.2, 0.25) is 0 Å².